The number of hydrogen-bond donors (Lipinski definition) is 1. The Bertz CT molecular complexity index is 951. The van der Waals surface area contributed by atoms with E-state index in [4.69, 9.17) is 21.1 Å². The van der Waals surface area contributed by atoms with Crippen molar-refractivity contribution in [2.24, 2.45) is 0 Å². The van der Waals surface area contributed by atoms with E-state index in [2.05, 4.69) is 27.9 Å². The van der Waals surface area contributed by atoms with Crippen LogP contribution in [0.4, 0.5) is 5.69 Å². The fourth-order valence-corrected chi connectivity index (χ4v) is 3.31. The van der Waals surface area contributed by atoms with E-state index in [1.807, 2.05) is 26.0 Å². The minimum absolute atomic E-state index is 0.0308. The zero-order chi connectivity index (χ0) is 20.7. The van der Waals surface area contributed by atoms with Crippen molar-refractivity contribution in [3.8, 4) is 17.6 Å². The monoisotopic (exact) mass is 510 g/mol. The maximum absolute atomic E-state index is 12.5. The Labute approximate surface area is 183 Å². The first-order chi connectivity index (χ1) is 13.4. The highest BCUT2D eigenvalue weighted by atomic mass is 127. The number of carbonyl (C=O) groups excluding carboxylic acids is 1. The molecule has 0 radical (unpaired) electrons. The van der Waals surface area contributed by atoms with Crippen molar-refractivity contribution in [1.82, 2.24) is 0 Å². The largest absolute Gasteiger partial charge is 0.493 e. The molecule has 0 saturated carbocycles. The first kappa shape index (κ1) is 22.1. The van der Waals surface area contributed by atoms with Gasteiger partial charge in [-0.05, 0) is 77.4 Å². The van der Waals surface area contributed by atoms with Crippen LogP contribution in [0.25, 0.3) is 6.08 Å². The minimum Gasteiger partial charge on any atom is -0.493 e. The zero-order valence-electron chi connectivity index (χ0n) is 15.8. The predicted molar refractivity (Wildman–Crippen MR) is 120 cm³/mol. The highest BCUT2D eigenvalue weighted by Crippen LogP contribution is 2.34. The number of amides is 1. The Kier molecular flexibility index (Phi) is 8.15. The van der Waals surface area contributed by atoms with Crippen LogP contribution in [-0.4, -0.2) is 19.6 Å². The van der Waals surface area contributed by atoms with Crippen molar-refractivity contribution in [1.29, 1.82) is 5.26 Å². The van der Waals surface area contributed by atoms with E-state index in [1.54, 1.807) is 31.4 Å². The molecule has 0 aliphatic heterocycles. The van der Waals surface area contributed by atoms with Gasteiger partial charge in [-0.15, -0.1) is 0 Å². The molecule has 146 valence electrons. The van der Waals surface area contributed by atoms with Crippen LogP contribution in [0.3, 0.4) is 0 Å². The molecule has 0 saturated heterocycles. The number of benzene rings is 2. The van der Waals surface area contributed by atoms with Crippen LogP contribution in [0, 0.1) is 21.8 Å². The first-order valence-corrected chi connectivity index (χ1v) is 10.0. The number of methoxy groups -OCH3 is 1. The molecule has 2 aromatic carbocycles. The SMILES string of the molecule is CCCOc1c(I)cc(/C=C(\C#N)C(=O)Nc2ccc(C)c(Cl)c2)cc1OC. The first-order valence-electron chi connectivity index (χ1n) is 8.59. The van der Waals surface area contributed by atoms with Crippen molar-refractivity contribution >= 4 is 51.9 Å². The molecule has 0 aromatic heterocycles. The smallest absolute Gasteiger partial charge is 0.266 e. The molecule has 0 fully saturated rings. The van der Waals surface area contributed by atoms with E-state index in [-0.39, 0.29) is 5.57 Å². The Morgan fingerprint density at radius 1 is 1.36 bits per heavy atom. The average molecular weight is 511 g/mol. The molecule has 7 heteroatoms. The summed E-state index contributed by atoms with van der Waals surface area (Å²) in [6.07, 6.45) is 2.39. The van der Waals surface area contributed by atoms with Crippen molar-refractivity contribution in [3.63, 3.8) is 0 Å². The summed E-state index contributed by atoms with van der Waals surface area (Å²) in [5.74, 6) is 0.691. The van der Waals surface area contributed by atoms with Crippen molar-refractivity contribution in [2.75, 3.05) is 19.0 Å². The summed E-state index contributed by atoms with van der Waals surface area (Å²) in [5, 5.41) is 12.7. The molecule has 2 aromatic rings. The Hall–Kier alpha value is -2.24. The minimum atomic E-state index is -0.511. The lowest BCUT2D eigenvalue weighted by atomic mass is 10.1. The highest BCUT2D eigenvalue weighted by Gasteiger charge is 2.14. The van der Waals surface area contributed by atoms with Gasteiger partial charge >= 0.3 is 0 Å². The second-order valence-electron chi connectivity index (χ2n) is 5.97. The lowest BCUT2D eigenvalue weighted by Crippen LogP contribution is -2.13. The van der Waals surface area contributed by atoms with Crippen LogP contribution >= 0.6 is 34.2 Å². The lowest BCUT2D eigenvalue weighted by Gasteiger charge is -2.13. The van der Waals surface area contributed by atoms with Gasteiger partial charge in [-0.3, -0.25) is 4.79 Å². The third-order valence-corrected chi connectivity index (χ3v) is 5.02. The number of hydrogen-bond acceptors (Lipinski definition) is 4. The summed E-state index contributed by atoms with van der Waals surface area (Å²) in [7, 11) is 1.55. The molecule has 0 unspecified atom stereocenters. The van der Waals surface area contributed by atoms with Crippen molar-refractivity contribution in [3.05, 3.63) is 55.6 Å². The fraction of sp³-hybridized carbons (Fsp3) is 0.238. The Morgan fingerprint density at radius 2 is 2.11 bits per heavy atom. The quantitative estimate of drug-likeness (QED) is 0.299. The number of carbonyl (C=O) groups is 1. The van der Waals surface area contributed by atoms with Gasteiger partial charge in [-0.1, -0.05) is 24.6 Å². The summed E-state index contributed by atoms with van der Waals surface area (Å²) in [4.78, 5) is 12.5. The molecule has 0 bridgehead atoms. The molecular weight excluding hydrogens is 491 g/mol. The molecule has 0 spiro atoms. The number of ether oxygens (including phenoxy) is 2. The standard InChI is InChI=1S/C21H20ClIN2O3/c1-4-7-28-20-18(23)9-14(10-19(20)27-3)8-15(12-24)21(26)25-16-6-5-13(2)17(22)11-16/h5-6,8-11H,4,7H2,1-3H3,(H,25,26)/b15-8+. The average Bonchev–Trinajstić information content (AvgIpc) is 2.67. The molecule has 0 atom stereocenters. The van der Waals surface area contributed by atoms with E-state index >= 15 is 0 Å². The predicted octanol–water partition coefficient (Wildman–Crippen LogP) is 5.60. The molecule has 28 heavy (non-hydrogen) atoms. The van der Waals surface area contributed by atoms with Crippen molar-refractivity contribution < 1.29 is 14.3 Å². The van der Waals surface area contributed by atoms with Crippen LogP contribution in [0.15, 0.2) is 35.9 Å². The molecule has 5 nitrogen and oxygen atoms in total. The third kappa shape index (κ3) is 5.63. The molecule has 0 aliphatic carbocycles. The molecular formula is C21H20ClIN2O3. The molecule has 2 rings (SSSR count). The van der Waals surface area contributed by atoms with E-state index in [1.165, 1.54) is 6.08 Å². The Morgan fingerprint density at radius 3 is 2.71 bits per heavy atom. The number of aryl methyl sites for hydroxylation is 1. The van der Waals surface area contributed by atoms with Crippen LogP contribution < -0.4 is 14.8 Å². The Balaban J connectivity index is 2.30. The van der Waals surface area contributed by atoms with Crippen molar-refractivity contribution in [2.45, 2.75) is 20.3 Å². The molecule has 0 heterocycles. The number of nitrogens with zero attached hydrogens (tertiary/aromatic N) is 1. The molecule has 0 aliphatic rings. The van der Waals surface area contributed by atoms with Crippen LogP contribution in [-0.2, 0) is 4.79 Å². The summed E-state index contributed by atoms with van der Waals surface area (Å²) in [6, 6.07) is 10.7. The van der Waals surface area contributed by atoms with Gasteiger partial charge in [0.15, 0.2) is 11.5 Å². The molecule has 1 amide bonds. The van der Waals surface area contributed by atoms with E-state index in [0.29, 0.717) is 34.4 Å². The zero-order valence-corrected chi connectivity index (χ0v) is 18.7. The van der Waals surface area contributed by atoms with E-state index < -0.39 is 5.91 Å². The maximum atomic E-state index is 12.5. The maximum Gasteiger partial charge on any atom is 0.266 e. The second kappa shape index (κ2) is 10.3. The number of rotatable bonds is 7. The van der Waals surface area contributed by atoms with Gasteiger partial charge in [0.2, 0.25) is 0 Å². The van der Waals surface area contributed by atoms with Gasteiger partial charge in [0, 0.05) is 10.7 Å². The molecule has 1 N–H and O–H groups in total. The second-order valence-corrected chi connectivity index (χ2v) is 7.54. The van der Waals surface area contributed by atoms with Crippen LogP contribution in [0.5, 0.6) is 11.5 Å². The van der Waals surface area contributed by atoms with E-state index in [9.17, 15) is 10.1 Å². The van der Waals surface area contributed by atoms with Gasteiger partial charge in [0.1, 0.15) is 11.6 Å². The van der Waals surface area contributed by atoms with E-state index in [0.717, 1.165) is 15.6 Å². The van der Waals surface area contributed by atoms with Crippen LogP contribution in [0.2, 0.25) is 5.02 Å². The third-order valence-electron chi connectivity index (χ3n) is 3.81. The topological polar surface area (TPSA) is 71.3 Å². The van der Waals surface area contributed by atoms with Gasteiger partial charge in [0.25, 0.3) is 5.91 Å². The summed E-state index contributed by atoms with van der Waals surface area (Å²) >= 11 is 8.23. The van der Waals surface area contributed by atoms with Gasteiger partial charge in [0.05, 0.1) is 17.3 Å². The number of nitrogens with one attached hydrogen (secondary N) is 1. The highest BCUT2D eigenvalue weighted by molar-refractivity contribution is 14.1. The summed E-state index contributed by atoms with van der Waals surface area (Å²) in [6.45, 7) is 4.47. The summed E-state index contributed by atoms with van der Waals surface area (Å²) in [5.41, 5.74) is 2.07. The normalized spacial score (nSPS) is 10.9. The van der Waals surface area contributed by atoms with Gasteiger partial charge in [-0.2, -0.15) is 5.26 Å². The number of halogens is 2. The number of anilines is 1. The number of nitriles is 1. The fourth-order valence-electron chi connectivity index (χ4n) is 2.35. The summed E-state index contributed by atoms with van der Waals surface area (Å²) < 4.78 is 12.0. The van der Waals surface area contributed by atoms with Gasteiger partial charge < -0.3 is 14.8 Å². The van der Waals surface area contributed by atoms with Crippen LogP contribution in [0.1, 0.15) is 24.5 Å². The van der Waals surface area contributed by atoms with Gasteiger partial charge in [-0.25, -0.2) is 0 Å². The lowest BCUT2D eigenvalue weighted by molar-refractivity contribution is -0.112.